The van der Waals surface area contributed by atoms with Gasteiger partial charge in [-0.05, 0) is 24.6 Å². The van der Waals surface area contributed by atoms with E-state index >= 15 is 0 Å². The molecule has 0 aliphatic rings. The highest BCUT2D eigenvalue weighted by molar-refractivity contribution is 6.30. The number of nitrogens with one attached hydrogen (secondary N) is 1. The van der Waals surface area contributed by atoms with Gasteiger partial charge in [0.1, 0.15) is 0 Å². The van der Waals surface area contributed by atoms with E-state index in [2.05, 4.69) is 29.2 Å². The van der Waals surface area contributed by atoms with Crippen molar-refractivity contribution < 1.29 is 0 Å². The molecule has 0 aliphatic carbocycles. The van der Waals surface area contributed by atoms with E-state index in [1.54, 1.807) is 23.3 Å². The summed E-state index contributed by atoms with van der Waals surface area (Å²) in [7, 11) is 0. The molecule has 0 radical (unpaired) electrons. The second-order valence-corrected chi connectivity index (χ2v) is 5.07. The fourth-order valence-electron chi connectivity index (χ4n) is 1.64. The monoisotopic (exact) mass is 264 g/mol. The van der Waals surface area contributed by atoms with Gasteiger partial charge in [0.25, 0.3) is 0 Å². The fourth-order valence-corrected chi connectivity index (χ4v) is 1.77. The molecule has 0 saturated carbocycles. The van der Waals surface area contributed by atoms with Gasteiger partial charge in [-0.1, -0.05) is 25.4 Å². The van der Waals surface area contributed by atoms with Gasteiger partial charge in [-0.15, -0.1) is 0 Å². The molecule has 2 aromatic rings. The molecule has 96 valence electrons. The Balaban J connectivity index is 2.05. The van der Waals surface area contributed by atoms with E-state index in [0.717, 1.165) is 24.5 Å². The molecule has 0 saturated heterocycles. The summed E-state index contributed by atoms with van der Waals surface area (Å²) >= 11 is 5.86. The van der Waals surface area contributed by atoms with Crippen molar-refractivity contribution >= 4 is 11.6 Å². The lowest BCUT2D eigenvalue weighted by Gasteiger charge is -2.08. The van der Waals surface area contributed by atoms with Crippen molar-refractivity contribution in [2.45, 2.75) is 20.4 Å². The molecule has 18 heavy (non-hydrogen) atoms. The highest BCUT2D eigenvalue weighted by atomic mass is 35.5. The Kier molecular flexibility index (Phi) is 4.33. The van der Waals surface area contributed by atoms with Crippen LogP contribution in [0.5, 0.6) is 0 Å². The Morgan fingerprint density at radius 3 is 2.94 bits per heavy atom. The lowest BCUT2D eigenvalue weighted by Crippen LogP contribution is -2.19. The number of hydrogen-bond acceptors (Lipinski definition) is 3. The zero-order chi connectivity index (χ0) is 13.0. The van der Waals surface area contributed by atoms with Crippen molar-refractivity contribution in [2.24, 2.45) is 5.92 Å². The third-order valence-corrected chi connectivity index (χ3v) is 2.67. The van der Waals surface area contributed by atoms with Crippen molar-refractivity contribution in [3.8, 4) is 5.69 Å². The van der Waals surface area contributed by atoms with Crippen LogP contribution in [0.4, 0.5) is 0 Å². The molecule has 2 rings (SSSR count). The Labute approximate surface area is 112 Å². The van der Waals surface area contributed by atoms with Crippen LogP contribution in [-0.2, 0) is 6.54 Å². The van der Waals surface area contributed by atoms with Crippen LogP contribution < -0.4 is 5.32 Å². The minimum Gasteiger partial charge on any atom is -0.311 e. The molecule has 2 heterocycles. The standard InChI is InChI=1S/C13H17ClN4/c1-10(2)6-15-8-12-5-13(3-4-16-12)18-9-11(14)7-17-18/h3-5,7,9-10,15H,6,8H2,1-2H3. The minimum absolute atomic E-state index is 0.631. The van der Waals surface area contributed by atoms with Gasteiger partial charge in [0, 0.05) is 18.9 Å². The Morgan fingerprint density at radius 2 is 2.28 bits per heavy atom. The summed E-state index contributed by atoms with van der Waals surface area (Å²) < 4.78 is 1.75. The first-order valence-corrected chi connectivity index (χ1v) is 6.39. The summed E-state index contributed by atoms with van der Waals surface area (Å²) in [6.45, 7) is 6.12. The van der Waals surface area contributed by atoms with Gasteiger partial charge in [-0.25, -0.2) is 4.68 Å². The molecular weight excluding hydrogens is 248 g/mol. The average Bonchev–Trinajstić information content (AvgIpc) is 2.76. The van der Waals surface area contributed by atoms with E-state index < -0.39 is 0 Å². The van der Waals surface area contributed by atoms with E-state index in [1.165, 1.54) is 0 Å². The minimum atomic E-state index is 0.631. The van der Waals surface area contributed by atoms with Crippen LogP contribution in [0.15, 0.2) is 30.7 Å². The summed E-state index contributed by atoms with van der Waals surface area (Å²) in [4.78, 5) is 4.33. The van der Waals surface area contributed by atoms with Gasteiger partial charge in [-0.3, -0.25) is 4.98 Å². The van der Waals surface area contributed by atoms with E-state index in [0.29, 0.717) is 10.9 Å². The first kappa shape index (κ1) is 13.1. The normalized spacial score (nSPS) is 11.1. The number of halogens is 1. The summed E-state index contributed by atoms with van der Waals surface area (Å²) in [5.41, 5.74) is 1.97. The van der Waals surface area contributed by atoms with Crippen LogP contribution in [-0.4, -0.2) is 21.3 Å². The van der Waals surface area contributed by atoms with Crippen LogP contribution in [0.25, 0.3) is 5.69 Å². The third kappa shape index (κ3) is 3.55. The van der Waals surface area contributed by atoms with Crippen LogP contribution in [0.1, 0.15) is 19.5 Å². The lowest BCUT2D eigenvalue weighted by molar-refractivity contribution is 0.548. The van der Waals surface area contributed by atoms with E-state index in [4.69, 9.17) is 11.6 Å². The SMILES string of the molecule is CC(C)CNCc1cc(-n2cc(Cl)cn2)ccn1. The lowest BCUT2D eigenvalue weighted by atomic mass is 10.2. The quantitative estimate of drug-likeness (QED) is 0.903. The summed E-state index contributed by atoms with van der Waals surface area (Å²) in [6.07, 6.45) is 5.19. The Morgan fingerprint density at radius 1 is 1.44 bits per heavy atom. The van der Waals surface area contributed by atoms with E-state index in [1.807, 2.05) is 12.1 Å². The number of aromatic nitrogens is 3. The fraction of sp³-hybridized carbons (Fsp3) is 0.385. The van der Waals surface area contributed by atoms with E-state index in [9.17, 15) is 0 Å². The first-order valence-electron chi connectivity index (χ1n) is 6.01. The topological polar surface area (TPSA) is 42.7 Å². The molecule has 0 aliphatic heterocycles. The number of pyridine rings is 1. The smallest absolute Gasteiger partial charge is 0.0790 e. The van der Waals surface area contributed by atoms with Gasteiger partial charge in [0.2, 0.25) is 0 Å². The van der Waals surface area contributed by atoms with Gasteiger partial charge < -0.3 is 5.32 Å². The number of rotatable bonds is 5. The molecule has 4 nitrogen and oxygen atoms in total. The van der Waals surface area contributed by atoms with Gasteiger partial charge in [0.05, 0.1) is 22.6 Å². The highest BCUT2D eigenvalue weighted by Crippen LogP contribution is 2.12. The van der Waals surface area contributed by atoms with Crippen LogP contribution in [0.2, 0.25) is 5.02 Å². The number of nitrogens with zero attached hydrogens (tertiary/aromatic N) is 3. The summed E-state index contributed by atoms with van der Waals surface area (Å²) in [6, 6.07) is 3.92. The average molecular weight is 265 g/mol. The van der Waals surface area contributed by atoms with Crippen molar-refractivity contribution in [3.63, 3.8) is 0 Å². The number of hydrogen-bond donors (Lipinski definition) is 1. The van der Waals surface area contributed by atoms with Gasteiger partial charge in [0.15, 0.2) is 0 Å². The van der Waals surface area contributed by atoms with Crippen LogP contribution >= 0.6 is 11.6 Å². The first-order chi connectivity index (χ1) is 8.65. The molecule has 0 bridgehead atoms. The molecule has 5 heteroatoms. The Bertz CT molecular complexity index is 507. The third-order valence-electron chi connectivity index (χ3n) is 2.47. The Hall–Kier alpha value is -1.39. The van der Waals surface area contributed by atoms with Crippen molar-refractivity contribution in [1.29, 1.82) is 0 Å². The second kappa shape index (κ2) is 5.98. The maximum atomic E-state index is 5.86. The van der Waals surface area contributed by atoms with Crippen molar-refractivity contribution in [1.82, 2.24) is 20.1 Å². The zero-order valence-electron chi connectivity index (χ0n) is 10.6. The predicted octanol–water partition coefficient (Wildman–Crippen LogP) is 2.67. The van der Waals surface area contributed by atoms with Gasteiger partial charge in [-0.2, -0.15) is 5.10 Å². The van der Waals surface area contributed by atoms with Crippen molar-refractivity contribution in [3.05, 3.63) is 41.4 Å². The molecule has 0 fully saturated rings. The molecule has 0 unspecified atom stereocenters. The second-order valence-electron chi connectivity index (χ2n) is 4.63. The molecule has 0 atom stereocenters. The molecular formula is C13H17ClN4. The summed E-state index contributed by atoms with van der Waals surface area (Å²) in [5.74, 6) is 0.637. The summed E-state index contributed by atoms with van der Waals surface area (Å²) in [5, 5.41) is 8.17. The van der Waals surface area contributed by atoms with Crippen LogP contribution in [0.3, 0.4) is 0 Å². The molecule has 0 aromatic carbocycles. The largest absolute Gasteiger partial charge is 0.311 e. The molecule has 0 amide bonds. The van der Waals surface area contributed by atoms with Crippen LogP contribution in [0, 0.1) is 5.92 Å². The molecule has 1 N–H and O–H groups in total. The van der Waals surface area contributed by atoms with Crippen molar-refractivity contribution in [2.75, 3.05) is 6.54 Å². The van der Waals surface area contributed by atoms with E-state index in [-0.39, 0.29) is 0 Å². The van der Waals surface area contributed by atoms with Gasteiger partial charge >= 0.3 is 0 Å². The molecule has 2 aromatic heterocycles. The predicted molar refractivity (Wildman–Crippen MR) is 72.9 cm³/mol. The molecule has 0 spiro atoms. The zero-order valence-corrected chi connectivity index (χ0v) is 11.4. The highest BCUT2D eigenvalue weighted by Gasteiger charge is 2.02. The maximum Gasteiger partial charge on any atom is 0.0790 e. The maximum absolute atomic E-state index is 5.86.